The molecule has 0 unspecified atom stereocenters. The van der Waals surface area contributed by atoms with E-state index in [1.165, 1.54) is 23.1 Å². The monoisotopic (exact) mass is 343 g/mol. The molecule has 1 aromatic heterocycles. The van der Waals surface area contributed by atoms with Crippen LogP contribution >= 0.6 is 39.0 Å². The van der Waals surface area contributed by atoms with Gasteiger partial charge in [-0.1, -0.05) is 29.2 Å². The number of hydrogen-bond donors (Lipinski definition) is 0. The smallest absolute Gasteiger partial charge is 0.208 e. The van der Waals surface area contributed by atoms with Crippen LogP contribution in [0.15, 0.2) is 31.9 Å². The van der Waals surface area contributed by atoms with Gasteiger partial charge in [0.1, 0.15) is 6.29 Å². The first-order chi connectivity index (χ1) is 8.60. The molecule has 0 bridgehead atoms. The molecule has 0 atom stereocenters. The van der Waals surface area contributed by atoms with Gasteiger partial charge in [-0.15, -0.1) is 10.2 Å². The highest BCUT2D eigenvalue weighted by Gasteiger charge is 2.09. The molecule has 0 N–H and O–H groups in total. The summed E-state index contributed by atoms with van der Waals surface area (Å²) in [5, 5.41) is 9.07. The molecule has 0 spiro atoms. The Morgan fingerprint density at radius 1 is 1.39 bits per heavy atom. The molecule has 0 amide bonds. The van der Waals surface area contributed by atoms with Crippen molar-refractivity contribution < 1.29 is 4.79 Å². The maximum absolute atomic E-state index is 10.7. The van der Waals surface area contributed by atoms with E-state index in [0.717, 1.165) is 25.1 Å². The van der Waals surface area contributed by atoms with Crippen LogP contribution in [0.2, 0.25) is 0 Å². The maximum atomic E-state index is 10.7. The Bertz CT molecular complexity index is 571. The quantitative estimate of drug-likeness (QED) is 0.796. The van der Waals surface area contributed by atoms with Crippen LogP contribution in [-0.2, 0) is 0 Å². The third-order valence-electron chi connectivity index (χ3n) is 2.07. The zero-order chi connectivity index (χ0) is 13.1. The molecule has 0 saturated carbocycles. The molecule has 18 heavy (non-hydrogen) atoms. The van der Waals surface area contributed by atoms with E-state index in [0.29, 0.717) is 5.56 Å². The Hall–Kier alpha value is -0.920. The van der Waals surface area contributed by atoms with Gasteiger partial charge in [0, 0.05) is 29.0 Å². The molecule has 0 saturated heterocycles. The first-order valence-electron chi connectivity index (χ1n) is 5.03. The van der Waals surface area contributed by atoms with Crippen molar-refractivity contribution in [2.45, 2.75) is 9.24 Å². The van der Waals surface area contributed by atoms with Gasteiger partial charge in [-0.2, -0.15) is 0 Å². The molecule has 2 aromatic rings. The van der Waals surface area contributed by atoms with Crippen molar-refractivity contribution in [2.24, 2.45) is 0 Å². The third kappa shape index (κ3) is 3.09. The molecular formula is C11H10BrN3OS2. The van der Waals surface area contributed by atoms with Crippen molar-refractivity contribution in [1.82, 2.24) is 10.2 Å². The van der Waals surface area contributed by atoms with Crippen LogP contribution in [0.3, 0.4) is 0 Å². The van der Waals surface area contributed by atoms with Crippen molar-refractivity contribution >= 4 is 50.4 Å². The van der Waals surface area contributed by atoms with Gasteiger partial charge in [-0.25, -0.2) is 0 Å². The molecule has 0 aliphatic rings. The molecular weight excluding hydrogens is 334 g/mol. The number of carbonyl (C=O) groups is 1. The molecule has 0 aliphatic heterocycles. The molecule has 0 radical (unpaired) electrons. The molecule has 0 aliphatic carbocycles. The van der Waals surface area contributed by atoms with Gasteiger partial charge in [-0.05, 0) is 28.1 Å². The fraction of sp³-hybridized carbons (Fsp3) is 0.182. The summed E-state index contributed by atoms with van der Waals surface area (Å²) in [6.45, 7) is 0. The fourth-order valence-electron chi connectivity index (χ4n) is 1.19. The van der Waals surface area contributed by atoms with E-state index >= 15 is 0 Å². The number of nitrogens with zero attached hydrogens (tertiary/aromatic N) is 3. The minimum atomic E-state index is 0.650. The van der Waals surface area contributed by atoms with E-state index in [9.17, 15) is 4.79 Å². The lowest BCUT2D eigenvalue weighted by Crippen LogP contribution is -2.07. The van der Waals surface area contributed by atoms with Crippen molar-refractivity contribution in [3.05, 3.63) is 28.2 Å². The lowest BCUT2D eigenvalue weighted by atomic mass is 10.2. The number of aromatic nitrogens is 2. The van der Waals surface area contributed by atoms with Crippen LogP contribution in [0.5, 0.6) is 0 Å². The molecule has 2 rings (SSSR count). The van der Waals surface area contributed by atoms with Crippen molar-refractivity contribution in [1.29, 1.82) is 0 Å². The Morgan fingerprint density at radius 3 is 2.72 bits per heavy atom. The lowest BCUT2D eigenvalue weighted by Gasteiger charge is -2.04. The van der Waals surface area contributed by atoms with Crippen molar-refractivity contribution in [3.8, 4) is 0 Å². The highest BCUT2D eigenvalue weighted by Crippen LogP contribution is 2.36. The molecule has 1 heterocycles. The Labute approximate surface area is 122 Å². The summed E-state index contributed by atoms with van der Waals surface area (Å²) < 4.78 is 1.76. The highest BCUT2D eigenvalue weighted by atomic mass is 79.9. The second-order valence-electron chi connectivity index (χ2n) is 3.65. The summed E-state index contributed by atoms with van der Waals surface area (Å²) >= 11 is 6.51. The minimum Gasteiger partial charge on any atom is -0.353 e. The predicted molar refractivity (Wildman–Crippen MR) is 77.9 cm³/mol. The first-order valence-corrected chi connectivity index (χ1v) is 7.46. The summed E-state index contributed by atoms with van der Waals surface area (Å²) in [7, 11) is 3.87. The van der Waals surface area contributed by atoms with Gasteiger partial charge in [0.2, 0.25) is 5.13 Å². The SMILES string of the molecule is CN(C)c1nnc(Sc2ccc(C=O)cc2Br)s1. The van der Waals surface area contributed by atoms with Crippen molar-refractivity contribution in [2.75, 3.05) is 19.0 Å². The average Bonchev–Trinajstić information content (AvgIpc) is 2.80. The number of carbonyl (C=O) groups excluding carboxylic acids is 1. The molecule has 7 heteroatoms. The Morgan fingerprint density at radius 2 is 2.17 bits per heavy atom. The normalized spacial score (nSPS) is 10.4. The number of halogens is 1. The van der Waals surface area contributed by atoms with E-state index in [1.807, 2.05) is 25.1 Å². The van der Waals surface area contributed by atoms with E-state index < -0.39 is 0 Å². The zero-order valence-corrected chi connectivity index (χ0v) is 13.0. The van der Waals surface area contributed by atoms with E-state index in [2.05, 4.69) is 26.1 Å². The van der Waals surface area contributed by atoms with Gasteiger partial charge in [-0.3, -0.25) is 4.79 Å². The molecule has 4 nitrogen and oxygen atoms in total. The van der Waals surface area contributed by atoms with Crippen LogP contribution in [0, 0.1) is 0 Å². The summed E-state index contributed by atoms with van der Waals surface area (Å²) in [5.74, 6) is 0. The lowest BCUT2D eigenvalue weighted by molar-refractivity contribution is 0.112. The van der Waals surface area contributed by atoms with Crippen LogP contribution in [0.1, 0.15) is 10.4 Å². The van der Waals surface area contributed by atoms with E-state index in [4.69, 9.17) is 0 Å². The van der Waals surface area contributed by atoms with Crippen molar-refractivity contribution in [3.63, 3.8) is 0 Å². The number of benzene rings is 1. The molecule has 94 valence electrons. The van der Waals surface area contributed by atoms with Crippen LogP contribution in [0.25, 0.3) is 0 Å². The Balaban J connectivity index is 2.20. The van der Waals surface area contributed by atoms with Gasteiger partial charge in [0.25, 0.3) is 0 Å². The fourth-order valence-corrected chi connectivity index (χ4v) is 3.55. The summed E-state index contributed by atoms with van der Waals surface area (Å²) in [5.41, 5.74) is 0.650. The number of hydrogen-bond acceptors (Lipinski definition) is 6. The third-order valence-corrected chi connectivity index (χ3v) is 5.20. The predicted octanol–water partition coefficient (Wildman–Crippen LogP) is 3.33. The van der Waals surface area contributed by atoms with E-state index in [-0.39, 0.29) is 0 Å². The molecule has 0 fully saturated rings. The maximum Gasteiger partial charge on any atom is 0.208 e. The summed E-state index contributed by atoms with van der Waals surface area (Å²) in [6, 6.07) is 5.48. The minimum absolute atomic E-state index is 0.650. The Kier molecular flexibility index (Phi) is 4.36. The standard InChI is InChI=1S/C11H10BrN3OS2/c1-15(2)10-13-14-11(18-10)17-9-4-3-7(6-16)5-8(9)12/h3-6H,1-2H3. The summed E-state index contributed by atoms with van der Waals surface area (Å²) in [4.78, 5) is 13.6. The second kappa shape index (κ2) is 5.81. The van der Waals surface area contributed by atoms with Crippen LogP contribution in [-0.4, -0.2) is 30.6 Å². The van der Waals surface area contributed by atoms with Crippen LogP contribution < -0.4 is 4.90 Å². The first kappa shape index (κ1) is 13.5. The number of aldehydes is 1. The molecule has 1 aromatic carbocycles. The topological polar surface area (TPSA) is 46.1 Å². The summed E-state index contributed by atoms with van der Waals surface area (Å²) in [6.07, 6.45) is 0.828. The van der Waals surface area contributed by atoms with E-state index in [1.54, 1.807) is 12.1 Å². The van der Waals surface area contributed by atoms with Gasteiger partial charge >= 0.3 is 0 Å². The zero-order valence-electron chi connectivity index (χ0n) is 9.75. The largest absolute Gasteiger partial charge is 0.353 e. The van der Waals surface area contributed by atoms with Gasteiger partial charge < -0.3 is 4.90 Å². The average molecular weight is 344 g/mol. The number of anilines is 1. The second-order valence-corrected chi connectivity index (χ2v) is 6.75. The van der Waals surface area contributed by atoms with Gasteiger partial charge in [0.05, 0.1) is 0 Å². The highest BCUT2D eigenvalue weighted by molar-refractivity contribution is 9.10. The van der Waals surface area contributed by atoms with Crippen LogP contribution in [0.4, 0.5) is 5.13 Å². The van der Waals surface area contributed by atoms with Gasteiger partial charge in [0.15, 0.2) is 4.34 Å². The number of rotatable bonds is 4.